The Morgan fingerprint density at radius 2 is 1.83 bits per heavy atom. The number of benzene rings is 2. The zero-order chi connectivity index (χ0) is 16.2. The van der Waals surface area contributed by atoms with Crippen LogP contribution in [-0.2, 0) is 6.42 Å². The van der Waals surface area contributed by atoms with Crippen molar-refractivity contribution >= 4 is 22.6 Å². The number of amides is 1. The number of hydrogen-bond acceptors (Lipinski definition) is 3. The van der Waals surface area contributed by atoms with E-state index in [0.717, 1.165) is 22.4 Å². The lowest BCUT2D eigenvalue weighted by Crippen LogP contribution is -2.25. The monoisotopic (exact) mass is 308 g/mol. The Balaban J connectivity index is 1.56. The Kier molecular flexibility index (Phi) is 4.33. The van der Waals surface area contributed by atoms with E-state index in [9.17, 15) is 4.79 Å². The standard InChI is InChI=1S/C19H20N2O2/c1-21(2)16-9-7-14(8-10-16)19(22)20-12-11-17-13-15-5-3-4-6-18(15)23-17/h3-10,13H,11-12H2,1-2H3,(H,20,22). The third-order valence-electron chi connectivity index (χ3n) is 3.78. The Labute approximate surface area is 135 Å². The number of fused-ring (bicyclic) bond motifs is 1. The summed E-state index contributed by atoms with van der Waals surface area (Å²) in [5.41, 5.74) is 2.62. The highest BCUT2D eigenvalue weighted by Gasteiger charge is 2.07. The van der Waals surface area contributed by atoms with E-state index in [2.05, 4.69) is 5.32 Å². The third-order valence-corrected chi connectivity index (χ3v) is 3.78. The first-order chi connectivity index (χ1) is 11.1. The highest BCUT2D eigenvalue weighted by atomic mass is 16.3. The predicted octanol–water partition coefficient (Wildman–Crippen LogP) is 3.47. The van der Waals surface area contributed by atoms with Crippen molar-refractivity contribution in [2.24, 2.45) is 0 Å². The van der Waals surface area contributed by atoms with Crippen molar-refractivity contribution in [2.45, 2.75) is 6.42 Å². The zero-order valence-electron chi connectivity index (χ0n) is 13.4. The van der Waals surface area contributed by atoms with Gasteiger partial charge in [0.1, 0.15) is 11.3 Å². The fourth-order valence-corrected chi connectivity index (χ4v) is 2.47. The SMILES string of the molecule is CN(C)c1ccc(C(=O)NCCc2cc3ccccc3o2)cc1. The fourth-order valence-electron chi connectivity index (χ4n) is 2.47. The molecule has 2 aromatic carbocycles. The van der Waals surface area contributed by atoms with Crippen molar-refractivity contribution in [1.82, 2.24) is 5.32 Å². The molecule has 0 saturated heterocycles. The van der Waals surface area contributed by atoms with Crippen molar-refractivity contribution < 1.29 is 9.21 Å². The molecule has 3 aromatic rings. The van der Waals surface area contributed by atoms with Gasteiger partial charge < -0.3 is 14.6 Å². The average Bonchev–Trinajstić information content (AvgIpc) is 2.97. The second kappa shape index (κ2) is 6.57. The number of anilines is 1. The first-order valence-electron chi connectivity index (χ1n) is 7.66. The zero-order valence-corrected chi connectivity index (χ0v) is 13.4. The van der Waals surface area contributed by atoms with Crippen molar-refractivity contribution in [1.29, 1.82) is 0 Å². The molecule has 0 aliphatic carbocycles. The lowest BCUT2D eigenvalue weighted by atomic mass is 10.2. The Morgan fingerprint density at radius 1 is 1.09 bits per heavy atom. The number of rotatable bonds is 5. The van der Waals surface area contributed by atoms with Crippen LogP contribution in [0.15, 0.2) is 59.0 Å². The van der Waals surface area contributed by atoms with E-state index in [0.29, 0.717) is 18.5 Å². The first-order valence-corrected chi connectivity index (χ1v) is 7.66. The molecule has 4 heteroatoms. The summed E-state index contributed by atoms with van der Waals surface area (Å²) in [6.45, 7) is 0.550. The van der Waals surface area contributed by atoms with Crippen molar-refractivity contribution in [3.8, 4) is 0 Å². The van der Waals surface area contributed by atoms with Crippen LogP contribution in [0.4, 0.5) is 5.69 Å². The lowest BCUT2D eigenvalue weighted by Gasteiger charge is -2.12. The van der Waals surface area contributed by atoms with Gasteiger partial charge in [-0.1, -0.05) is 18.2 Å². The molecule has 0 aliphatic rings. The number of nitrogens with zero attached hydrogens (tertiary/aromatic N) is 1. The topological polar surface area (TPSA) is 45.5 Å². The number of furan rings is 1. The van der Waals surface area contributed by atoms with Crippen molar-refractivity contribution in [2.75, 3.05) is 25.5 Å². The molecular formula is C19H20N2O2. The Morgan fingerprint density at radius 3 is 2.52 bits per heavy atom. The normalized spacial score (nSPS) is 10.7. The van der Waals surface area contributed by atoms with E-state index in [1.165, 1.54) is 0 Å². The highest BCUT2D eigenvalue weighted by Crippen LogP contribution is 2.18. The van der Waals surface area contributed by atoms with Crippen LogP contribution >= 0.6 is 0 Å². The predicted molar refractivity (Wildman–Crippen MR) is 93.0 cm³/mol. The maximum absolute atomic E-state index is 12.1. The van der Waals surface area contributed by atoms with Gasteiger partial charge in [-0.05, 0) is 36.4 Å². The number of nitrogens with one attached hydrogen (secondary N) is 1. The molecule has 118 valence electrons. The summed E-state index contributed by atoms with van der Waals surface area (Å²) in [4.78, 5) is 14.1. The van der Waals surface area contributed by atoms with E-state index in [4.69, 9.17) is 4.42 Å². The van der Waals surface area contributed by atoms with Crippen LogP contribution in [0.5, 0.6) is 0 Å². The second-order valence-electron chi connectivity index (χ2n) is 5.70. The molecule has 1 aromatic heterocycles. The molecule has 3 rings (SSSR count). The number of hydrogen-bond donors (Lipinski definition) is 1. The fraction of sp³-hybridized carbons (Fsp3) is 0.211. The Hall–Kier alpha value is -2.75. The number of carbonyl (C=O) groups excluding carboxylic acids is 1. The molecule has 23 heavy (non-hydrogen) atoms. The third kappa shape index (κ3) is 3.54. The molecule has 4 nitrogen and oxygen atoms in total. The van der Waals surface area contributed by atoms with E-state index >= 15 is 0 Å². The van der Waals surface area contributed by atoms with Gasteiger partial charge >= 0.3 is 0 Å². The van der Waals surface area contributed by atoms with Crippen LogP contribution in [0.1, 0.15) is 16.1 Å². The molecule has 0 atom stereocenters. The molecular weight excluding hydrogens is 288 g/mol. The van der Waals surface area contributed by atoms with Gasteiger partial charge in [0, 0.05) is 43.7 Å². The minimum absolute atomic E-state index is 0.0635. The van der Waals surface area contributed by atoms with Gasteiger partial charge in [-0.25, -0.2) is 0 Å². The lowest BCUT2D eigenvalue weighted by molar-refractivity contribution is 0.0954. The van der Waals surface area contributed by atoms with Crippen molar-refractivity contribution in [3.05, 3.63) is 65.9 Å². The molecule has 1 N–H and O–H groups in total. The van der Waals surface area contributed by atoms with Crippen LogP contribution in [-0.4, -0.2) is 26.5 Å². The molecule has 0 saturated carbocycles. The summed E-state index contributed by atoms with van der Waals surface area (Å²) < 4.78 is 5.74. The van der Waals surface area contributed by atoms with Crippen LogP contribution < -0.4 is 10.2 Å². The van der Waals surface area contributed by atoms with Gasteiger partial charge in [0.25, 0.3) is 5.91 Å². The van der Waals surface area contributed by atoms with Gasteiger partial charge in [-0.3, -0.25) is 4.79 Å². The Bertz CT molecular complexity index is 771. The molecule has 0 aliphatic heterocycles. The summed E-state index contributed by atoms with van der Waals surface area (Å²) in [5.74, 6) is 0.820. The van der Waals surface area contributed by atoms with Gasteiger partial charge in [-0.15, -0.1) is 0 Å². The summed E-state index contributed by atoms with van der Waals surface area (Å²) >= 11 is 0. The molecule has 1 heterocycles. The second-order valence-corrected chi connectivity index (χ2v) is 5.70. The van der Waals surface area contributed by atoms with Crippen LogP contribution in [0, 0.1) is 0 Å². The summed E-state index contributed by atoms with van der Waals surface area (Å²) in [5, 5.41) is 4.02. The molecule has 0 radical (unpaired) electrons. The van der Waals surface area contributed by atoms with E-state index in [1.54, 1.807) is 0 Å². The molecule has 0 unspecified atom stereocenters. The summed E-state index contributed by atoms with van der Waals surface area (Å²) in [7, 11) is 3.95. The maximum atomic E-state index is 12.1. The first kappa shape index (κ1) is 15.2. The van der Waals surface area contributed by atoms with Gasteiger partial charge in [0.2, 0.25) is 0 Å². The van der Waals surface area contributed by atoms with E-state index in [-0.39, 0.29) is 5.91 Å². The van der Waals surface area contributed by atoms with Gasteiger partial charge in [0.15, 0.2) is 0 Å². The van der Waals surface area contributed by atoms with Gasteiger partial charge in [0.05, 0.1) is 0 Å². The summed E-state index contributed by atoms with van der Waals surface area (Å²) in [6.07, 6.45) is 0.677. The number of para-hydroxylation sites is 1. The average molecular weight is 308 g/mol. The smallest absolute Gasteiger partial charge is 0.251 e. The van der Waals surface area contributed by atoms with E-state index in [1.807, 2.05) is 73.6 Å². The van der Waals surface area contributed by atoms with Crippen LogP contribution in [0.2, 0.25) is 0 Å². The highest BCUT2D eigenvalue weighted by molar-refractivity contribution is 5.94. The van der Waals surface area contributed by atoms with Crippen LogP contribution in [0.3, 0.4) is 0 Å². The van der Waals surface area contributed by atoms with E-state index < -0.39 is 0 Å². The largest absolute Gasteiger partial charge is 0.461 e. The van der Waals surface area contributed by atoms with Crippen LogP contribution in [0.25, 0.3) is 11.0 Å². The molecule has 0 fully saturated rings. The molecule has 0 bridgehead atoms. The van der Waals surface area contributed by atoms with Gasteiger partial charge in [-0.2, -0.15) is 0 Å². The quantitative estimate of drug-likeness (QED) is 0.785. The summed E-state index contributed by atoms with van der Waals surface area (Å²) in [6, 6.07) is 17.5. The van der Waals surface area contributed by atoms with Crippen molar-refractivity contribution in [3.63, 3.8) is 0 Å². The number of carbonyl (C=O) groups is 1. The molecule has 0 spiro atoms. The minimum Gasteiger partial charge on any atom is -0.461 e. The molecule has 1 amide bonds. The minimum atomic E-state index is -0.0635. The maximum Gasteiger partial charge on any atom is 0.251 e.